The molecule has 1 aromatic carbocycles. The van der Waals surface area contributed by atoms with Crippen LogP contribution in [0.2, 0.25) is 0 Å². The highest BCUT2D eigenvalue weighted by atomic mass is 32.2. The maximum atomic E-state index is 13.9. The number of rotatable bonds is 2. The third-order valence-corrected chi connectivity index (χ3v) is 5.14. The fourth-order valence-corrected chi connectivity index (χ4v) is 2.97. The topological polar surface area (TPSA) is 101 Å². The summed E-state index contributed by atoms with van der Waals surface area (Å²) >= 11 is 0. The standard InChI is InChI=1S/C14H19FN2O4S/c1-9-8-17(6-5-14(9,2)19)13(18)11-7-10(22(16,20)21)3-4-12(11)15/h3-4,7,9,19H,5-6,8H2,1-2H3,(H2,16,20,21)/t9?,14-/m0/s1. The number of likely N-dealkylation sites (tertiary alicyclic amines) is 1. The van der Waals surface area contributed by atoms with Gasteiger partial charge in [-0.15, -0.1) is 0 Å². The van der Waals surface area contributed by atoms with E-state index in [1.807, 2.05) is 0 Å². The van der Waals surface area contributed by atoms with Gasteiger partial charge in [0.2, 0.25) is 10.0 Å². The minimum Gasteiger partial charge on any atom is -0.390 e. The quantitative estimate of drug-likeness (QED) is 0.834. The third kappa shape index (κ3) is 3.29. The van der Waals surface area contributed by atoms with E-state index >= 15 is 0 Å². The Kier molecular flexibility index (Phi) is 4.29. The normalized spacial score (nSPS) is 26.0. The van der Waals surface area contributed by atoms with Gasteiger partial charge in [-0.05, 0) is 31.5 Å². The van der Waals surface area contributed by atoms with E-state index in [1.165, 1.54) is 4.90 Å². The fourth-order valence-electron chi connectivity index (χ4n) is 2.43. The molecule has 2 rings (SSSR count). The fraction of sp³-hybridized carbons (Fsp3) is 0.500. The summed E-state index contributed by atoms with van der Waals surface area (Å²) in [6.07, 6.45) is 0.371. The largest absolute Gasteiger partial charge is 0.390 e. The van der Waals surface area contributed by atoms with Gasteiger partial charge in [0.25, 0.3) is 5.91 Å². The minimum absolute atomic E-state index is 0.172. The van der Waals surface area contributed by atoms with E-state index in [-0.39, 0.29) is 29.5 Å². The molecule has 3 N–H and O–H groups in total. The predicted molar refractivity (Wildman–Crippen MR) is 78.1 cm³/mol. The molecule has 6 nitrogen and oxygen atoms in total. The van der Waals surface area contributed by atoms with Crippen molar-refractivity contribution in [1.29, 1.82) is 0 Å². The smallest absolute Gasteiger partial charge is 0.256 e. The molecule has 122 valence electrons. The highest BCUT2D eigenvalue weighted by Crippen LogP contribution is 2.28. The van der Waals surface area contributed by atoms with E-state index in [9.17, 15) is 22.7 Å². The molecule has 1 unspecified atom stereocenters. The highest BCUT2D eigenvalue weighted by Gasteiger charge is 2.37. The Bertz CT molecular complexity index is 703. The zero-order valence-electron chi connectivity index (χ0n) is 12.4. The van der Waals surface area contributed by atoms with Crippen LogP contribution in [-0.4, -0.2) is 43.0 Å². The minimum atomic E-state index is -4.01. The van der Waals surface area contributed by atoms with Gasteiger partial charge in [0.05, 0.1) is 16.1 Å². The summed E-state index contributed by atoms with van der Waals surface area (Å²) in [5.41, 5.74) is -1.21. The number of halogens is 1. The lowest BCUT2D eigenvalue weighted by Crippen LogP contribution is -2.51. The molecule has 2 atom stereocenters. The first-order valence-corrected chi connectivity index (χ1v) is 8.41. The lowest BCUT2D eigenvalue weighted by molar-refractivity contribution is -0.0440. The molecule has 0 aromatic heterocycles. The number of benzene rings is 1. The van der Waals surface area contributed by atoms with Gasteiger partial charge in [-0.2, -0.15) is 0 Å². The molecule has 8 heteroatoms. The number of amides is 1. The van der Waals surface area contributed by atoms with Crippen molar-refractivity contribution < 1.29 is 22.7 Å². The second-order valence-electron chi connectivity index (χ2n) is 5.95. The number of primary sulfonamides is 1. The van der Waals surface area contributed by atoms with Crippen LogP contribution in [0.4, 0.5) is 4.39 Å². The van der Waals surface area contributed by atoms with Gasteiger partial charge in [-0.1, -0.05) is 6.92 Å². The molecule has 1 aliphatic rings. The van der Waals surface area contributed by atoms with Gasteiger partial charge < -0.3 is 10.0 Å². The second-order valence-corrected chi connectivity index (χ2v) is 7.51. The van der Waals surface area contributed by atoms with Crippen molar-refractivity contribution >= 4 is 15.9 Å². The molecule has 1 fully saturated rings. The molecule has 0 bridgehead atoms. The van der Waals surface area contributed by atoms with E-state index in [0.29, 0.717) is 6.42 Å². The van der Waals surface area contributed by atoms with E-state index in [1.54, 1.807) is 13.8 Å². The van der Waals surface area contributed by atoms with Crippen LogP contribution in [0.25, 0.3) is 0 Å². The number of nitrogens with two attached hydrogens (primary N) is 1. The van der Waals surface area contributed by atoms with Crippen LogP contribution in [0.3, 0.4) is 0 Å². The Morgan fingerprint density at radius 1 is 1.50 bits per heavy atom. The van der Waals surface area contributed by atoms with Crippen molar-refractivity contribution in [3.8, 4) is 0 Å². The van der Waals surface area contributed by atoms with E-state index in [2.05, 4.69) is 0 Å². The molecule has 1 aromatic rings. The summed E-state index contributed by atoms with van der Waals surface area (Å²) in [6, 6.07) is 2.88. The Morgan fingerprint density at radius 2 is 2.14 bits per heavy atom. The zero-order valence-corrected chi connectivity index (χ0v) is 13.2. The van der Waals surface area contributed by atoms with Crippen LogP contribution in [0.15, 0.2) is 23.1 Å². The van der Waals surface area contributed by atoms with Crippen LogP contribution in [-0.2, 0) is 10.0 Å². The number of hydrogen-bond donors (Lipinski definition) is 2. The maximum Gasteiger partial charge on any atom is 0.256 e. The molecular weight excluding hydrogens is 311 g/mol. The predicted octanol–water partition coefficient (Wildman–Crippen LogP) is 0.706. The lowest BCUT2D eigenvalue weighted by Gasteiger charge is -2.41. The summed E-state index contributed by atoms with van der Waals surface area (Å²) in [4.78, 5) is 13.5. The molecule has 0 spiro atoms. The number of sulfonamides is 1. The van der Waals surface area contributed by atoms with E-state index in [4.69, 9.17) is 5.14 Å². The molecular formula is C14H19FN2O4S. The van der Waals surface area contributed by atoms with Crippen molar-refractivity contribution in [1.82, 2.24) is 4.90 Å². The Balaban J connectivity index is 2.31. The lowest BCUT2D eigenvalue weighted by atomic mass is 9.84. The number of carbonyl (C=O) groups is 1. The molecule has 0 aliphatic carbocycles. The Morgan fingerprint density at radius 3 is 2.68 bits per heavy atom. The first-order chi connectivity index (χ1) is 10.0. The number of aliphatic hydroxyl groups is 1. The molecule has 1 amide bonds. The van der Waals surface area contributed by atoms with E-state index < -0.39 is 27.3 Å². The average Bonchev–Trinajstić information content (AvgIpc) is 2.40. The summed E-state index contributed by atoms with van der Waals surface area (Å²) in [5, 5.41) is 15.1. The van der Waals surface area contributed by atoms with Crippen LogP contribution in [0, 0.1) is 11.7 Å². The van der Waals surface area contributed by atoms with E-state index in [0.717, 1.165) is 18.2 Å². The molecule has 0 saturated carbocycles. The van der Waals surface area contributed by atoms with Crippen molar-refractivity contribution in [3.63, 3.8) is 0 Å². The number of carbonyl (C=O) groups excluding carboxylic acids is 1. The first-order valence-electron chi connectivity index (χ1n) is 6.86. The Labute approximate surface area is 128 Å². The SMILES string of the molecule is CC1CN(C(=O)c2cc(S(N)(=O)=O)ccc2F)CC[C@]1(C)O. The molecule has 1 heterocycles. The molecule has 1 aliphatic heterocycles. The third-order valence-electron chi connectivity index (χ3n) is 4.23. The van der Waals surface area contributed by atoms with Crippen molar-refractivity contribution in [3.05, 3.63) is 29.6 Å². The monoisotopic (exact) mass is 330 g/mol. The van der Waals surface area contributed by atoms with Crippen molar-refractivity contribution in [2.45, 2.75) is 30.8 Å². The van der Waals surface area contributed by atoms with Crippen LogP contribution in [0.5, 0.6) is 0 Å². The van der Waals surface area contributed by atoms with Crippen LogP contribution < -0.4 is 5.14 Å². The molecule has 22 heavy (non-hydrogen) atoms. The summed E-state index contributed by atoms with van der Waals surface area (Å²) in [7, 11) is -4.01. The number of nitrogens with zero attached hydrogens (tertiary/aromatic N) is 1. The Hall–Kier alpha value is -1.51. The summed E-state index contributed by atoms with van der Waals surface area (Å²) in [5.74, 6) is -1.58. The number of piperidine rings is 1. The summed E-state index contributed by atoms with van der Waals surface area (Å²) < 4.78 is 36.5. The maximum absolute atomic E-state index is 13.9. The second kappa shape index (κ2) is 5.60. The van der Waals surface area contributed by atoms with Gasteiger partial charge in [-0.25, -0.2) is 17.9 Å². The van der Waals surface area contributed by atoms with Gasteiger partial charge in [0.15, 0.2) is 0 Å². The van der Waals surface area contributed by atoms with Crippen LogP contribution >= 0.6 is 0 Å². The number of hydrogen-bond acceptors (Lipinski definition) is 4. The summed E-state index contributed by atoms with van der Waals surface area (Å²) in [6.45, 7) is 4.04. The first kappa shape index (κ1) is 16.9. The highest BCUT2D eigenvalue weighted by molar-refractivity contribution is 7.89. The van der Waals surface area contributed by atoms with Crippen LogP contribution in [0.1, 0.15) is 30.6 Å². The van der Waals surface area contributed by atoms with Gasteiger partial charge in [-0.3, -0.25) is 4.79 Å². The molecule has 1 saturated heterocycles. The van der Waals surface area contributed by atoms with Crippen molar-refractivity contribution in [2.24, 2.45) is 11.1 Å². The van der Waals surface area contributed by atoms with Gasteiger partial charge >= 0.3 is 0 Å². The van der Waals surface area contributed by atoms with Gasteiger partial charge in [0.1, 0.15) is 5.82 Å². The zero-order chi connectivity index (χ0) is 16.7. The molecule has 0 radical (unpaired) electrons. The average molecular weight is 330 g/mol. The van der Waals surface area contributed by atoms with Gasteiger partial charge in [0, 0.05) is 19.0 Å². The van der Waals surface area contributed by atoms with Crippen molar-refractivity contribution in [2.75, 3.05) is 13.1 Å².